The SMILES string of the molecule is CCOCCCNc1c(Cl)cc(F)cc1Br. The molecule has 5 heteroatoms. The second-order valence-corrected chi connectivity index (χ2v) is 4.48. The molecule has 1 N–H and O–H groups in total. The van der Waals surface area contributed by atoms with Gasteiger partial charge in [-0.2, -0.15) is 0 Å². The first-order valence-electron chi connectivity index (χ1n) is 5.11. The summed E-state index contributed by atoms with van der Waals surface area (Å²) in [4.78, 5) is 0. The molecule has 0 heterocycles. The number of halogens is 3. The molecule has 0 aromatic heterocycles. The summed E-state index contributed by atoms with van der Waals surface area (Å²) in [6.45, 7) is 4.13. The van der Waals surface area contributed by atoms with Gasteiger partial charge in [0.1, 0.15) is 5.82 Å². The minimum Gasteiger partial charge on any atom is -0.383 e. The third-order valence-corrected chi connectivity index (χ3v) is 2.90. The lowest BCUT2D eigenvalue weighted by Crippen LogP contribution is -2.06. The lowest BCUT2D eigenvalue weighted by molar-refractivity contribution is 0.147. The fraction of sp³-hybridized carbons (Fsp3) is 0.455. The highest BCUT2D eigenvalue weighted by atomic mass is 79.9. The Hall–Kier alpha value is -0.320. The highest BCUT2D eigenvalue weighted by Crippen LogP contribution is 2.31. The fourth-order valence-electron chi connectivity index (χ4n) is 1.24. The molecule has 16 heavy (non-hydrogen) atoms. The van der Waals surface area contributed by atoms with E-state index in [1.54, 1.807) is 0 Å². The standard InChI is InChI=1S/C11H14BrClFNO/c1-2-16-5-3-4-15-11-9(12)6-8(14)7-10(11)13/h6-7,15H,2-5H2,1H3. The maximum absolute atomic E-state index is 12.9. The third-order valence-electron chi connectivity index (χ3n) is 1.98. The summed E-state index contributed by atoms with van der Waals surface area (Å²) in [6.07, 6.45) is 0.883. The van der Waals surface area contributed by atoms with Gasteiger partial charge in [-0.25, -0.2) is 4.39 Å². The van der Waals surface area contributed by atoms with Crippen LogP contribution in [0.5, 0.6) is 0 Å². The summed E-state index contributed by atoms with van der Waals surface area (Å²) < 4.78 is 18.8. The number of hydrogen-bond acceptors (Lipinski definition) is 2. The minimum atomic E-state index is -0.350. The van der Waals surface area contributed by atoms with Gasteiger partial charge < -0.3 is 10.1 Å². The number of nitrogens with one attached hydrogen (secondary N) is 1. The molecule has 0 bridgehead atoms. The molecule has 0 saturated heterocycles. The van der Waals surface area contributed by atoms with Crippen LogP contribution >= 0.6 is 27.5 Å². The van der Waals surface area contributed by atoms with Gasteiger partial charge in [0.25, 0.3) is 0 Å². The average Bonchev–Trinajstić information content (AvgIpc) is 2.20. The van der Waals surface area contributed by atoms with Gasteiger partial charge in [-0.15, -0.1) is 0 Å². The molecule has 0 spiro atoms. The lowest BCUT2D eigenvalue weighted by atomic mass is 10.3. The Balaban J connectivity index is 2.47. The van der Waals surface area contributed by atoms with E-state index >= 15 is 0 Å². The predicted molar refractivity (Wildman–Crippen MR) is 68.7 cm³/mol. The van der Waals surface area contributed by atoms with Crippen LogP contribution < -0.4 is 5.32 Å². The van der Waals surface area contributed by atoms with Crippen molar-refractivity contribution in [2.24, 2.45) is 0 Å². The molecule has 1 aromatic rings. The van der Waals surface area contributed by atoms with Crippen molar-refractivity contribution in [2.45, 2.75) is 13.3 Å². The van der Waals surface area contributed by atoms with Gasteiger partial charge >= 0.3 is 0 Å². The third kappa shape index (κ3) is 4.28. The van der Waals surface area contributed by atoms with Gasteiger partial charge in [-0.1, -0.05) is 11.6 Å². The second kappa shape index (κ2) is 7.09. The van der Waals surface area contributed by atoms with E-state index in [-0.39, 0.29) is 5.82 Å². The van der Waals surface area contributed by atoms with Crippen LogP contribution in [0, 0.1) is 5.82 Å². The van der Waals surface area contributed by atoms with E-state index in [2.05, 4.69) is 21.2 Å². The predicted octanol–water partition coefficient (Wildman–Crippen LogP) is 4.08. The summed E-state index contributed by atoms with van der Waals surface area (Å²) in [7, 11) is 0. The first-order chi connectivity index (χ1) is 7.65. The quantitative estimate of drug-likeness (QED) is 0.799. The van der Waals surface area contributed by atoms with Gasteiger partial charge in [-0.05, 0) is 41.4 Å². The van der Waals surface area contributed by atoms with Crippen LogP contribution in [-0.2, 0) is 4.74 Å². The Morgan fingerprint density at radius 3 is 2.88 bits per heavy atom. The smallest absolute Gasteiger partial charge is 0.125 e. The molecular formula is C11H14BrClFNO. The van der Waals surface area contributed by atoms with Crippen molar-refractivity contribution in [3.05, 3.63) is 27.4 Å². The molecule has 0 aliphatic rings. The molecule has 0 amide bonds. The molecule has 0 aliphatic carbocycles. The summed E-state index contributed by atoms with van der Waals surface area (Å²) in [5.41, 5.74) is 0.722. The molecule has 0 aliphatic heterocycles. The van der Waals surface area contributed by atoms with Crippen LogP contribution in [0.4, 0.5) is 10.1 Å². The van der Waals surface area contributed by atoms with Crippen LogP contribution in [-0.4, -0.2) is 19.8 Å². The number of ether oxygens (including phenoxy) is 1. The lowest BCUT2D eigenvalue weighted by Gasteiger charge is -2.10. The number of benzene rings is 1. The van der Waals surface area contributed by atoms with Gasteiger partial charge in [0.2, 0.25) is 0 Å². The number of rotatable bonds is 6. The molecule has 0 radical (unpaired) electrons. The van der Waals surface area contributed by atoms with Crippen molar-refractivity contribution in [3.8, 4) is 0 Å². The van der Waals surface area contributed by atoms with Gasteiger partial charge in [0.15, 0.2) is 0 Å². The topological polar surface area (TPSA) is 21.3 Å². The highest BCUT2D eigenvalue weighted by Gasteiger charge is 2.06. The molecule has 1 rings (SSSR count). The molecule has 0 saturated carbocycles. The maximum atomic E-state index is 12.9. The Labute approximate surface area is 108 Å². The fourth-order valence-corrected chi connectivity index (χ4v) is 2.20. The van der Waals surface area contributed by atoms with Crippen molar-refractivity contribution in [1.82, 2.24) is 0 Å². The average molecular weight is 311 g/mol. The minimum absolute atomic E-state index is 0.350. The molecule has 0 fully saturated rings. The zero-order valence-corrected chi connectivity index (χ0v) is 11.4. The second-order valence-electron chi connectivity index (χ2n) is 3.22. The van der Waals surface area contributed by atoms with E-state index in [4.69, 9.17) is 16.3 Å². The summed E-state index contributed by atoms with van der Waals surface area (Å²) >= 11 is 9.17. The van der Waals surface area contributed by atoms with Gasteiger partial charge in [0, 0.05) is 24.2 Å². The van der Waals surface area contributed by atoms with Gasteiger partial charge in [-0.3, -0.25) is 0 Å². The zero-order valence-electron chi connectivity index (χ0n) is 9.03. The van der Waals surface area contributed by atoms with Crippen LogP contribution in [0.1, 0.15) is 13.3 Å². The van der Waals surface area contributed by atoms with E-state index in [9.17, 15) is 4.39 Å². The maximum Gasteiger partial charge on any atom is 0.125 e. The summed E-state index contributed by atoms with van der Waals surface area (Å²) in [5, 5.41) is 3.52. The Morgan fingerprint density at radius 2 is 2.25 bits per heavy atom. The van der Waals surface area contributed by atoms with E-state index in [0.29, 0.717) is 16.1 Å². The molecule has 0 atom stereocenters. The van der Waals surface area contributed by atoms with Gasteiger partial charge in [0.05, 0.1) is 10.7 Å². The molecule has 0 unspecified atom stereocenters. The number of anilines is 1. The highest BCUT2D eigenvalue weighted by molar-refractivity contribution is 9.10. The summed E-state index contributed by atoms with van der Waals surface area (Å²) in [6, 6.07) is 2.67. The number of hydrogen-bond donors (Lipinski definition) is 1. The zero-order chi connectivity index (χ0) is 12.0. The van der Waals surface area contributed by atoms with E-state index in [0.717, 1.165) is 25.3 Å². The van der Waals surface area contributed by atoms with E-state index in [1.807, 2.05) is 6.92 Å². The van der Waals surface area contributed by atoms with Crippen molar-refractivity contribution in [2.75, 3.05) is 25.1 Å². The first-order valence-corrected chi connectivity index (χ1v) is 6.28. The van der Waals surface area contributed by atoms with Crippen LogP contribution in [0.2, 0.25) is 5.02 Å². The summed E-state index contributed by atoms with van der Waals surface area (Å²) in [5.74, 6) is -0.350. The molecular weight excluding hydrogens is 296 g/mol. The van der Waals surface area contributed by atoms with Crippen molar-refractivity contribution in [1.29, 1.82) is 0 Å². The monoisotopic (exact) mass is 309 g/mol. The Kier molecular flexibility index (Phi) is 6.09. The van der Waals surface area contributed by atoms with Crippen molar-refractivity contribution >= 4 is 33.2 Å². The van der Waals surface area contributed by atoms with Crippen LogP contribution in [0.25, 0.3) is 0 Å². The largest absolute Gasteiger partial charge is 0.383 e. The first kappa shape index (κ1) is 13.7. The Morgan fingerprint density at radius 1 is 1.50 bits per heavy atom. The molecule has 90 valence electrons. The Bertz CT molecular complexity index is 326. The van der Waals surface area contributed by atoms with Crippen molar-refractivity contribution in [3.63, 3.8) is 0 Å². The molecule has 2 nitrogen and oxygen atoms in total. The van der Waals surface area contributed by atoms with E-state index in [1.165, 1.54) is 12.1 Å². The van der Waals surface area contributed by atoms with Crippen LogP contribution in [0.15, 0.2) is 16.6 Å². The molecule has 1 aromatic carbocycles. The normalized spacial score (nSPS) is 10.5. The van der Waals surface area contributed by atoms with E-state index < -0.39 is 0 Å². The van der Waals surface area contributed by atoms with Crippen LogP contribution in [0.3, 0.4) is 0 Å². The van der Waals surface area contributed by atoms with Crippen molar-refractivity contribution < 1.29 is 9.13 Å².